The number of ketones is 1. The Bertz CT molecular complexity index is 1510. The summed E-state index contributed by atoms with van der Waals surface area (Å²) in [4.78, 5) is 18.5. The lowest BCUT2D eigenvalue weighted by atomic mass is 9.93. The Balaban J connectivity index is 1.69. The first-order chi connectivity index (χ1) is 15.8. The van der Waals surface area contributed by atoms with Crippen molar-refractivity contribution in [2.75, 3.05) is 0 Å². The lowest BCUT2D eigenvalue weighted by Crippen LogP contribution is -2.06. The Morgan fingerprint density at radius 1 is 0.848 bits per heavy atom. The SMILES string of the molecule is Cc1cc(O)cc(C)c1C(=O)c1sc2cc(O)ccc2c1-c1ccc(-c2nc(O)cs2)cc1. The fourth-order valence-electron chi connectivity index (χ4n) is 4.12. The number of carbonyl (C=O) groups is 1. The number of aryl methyl sites for hydroxylation is 2. The first-order valence-electron chi connectivity index (χ1n) is 10.2. The number of thiazole rings is 1. The molecule has 2 heterocycles. The Hall–Kier alpha value is -3.68. The van der Waals surface area contributed by atoms with Crippen LogP contribution >= 0.6 is 22.7 Å². The van der Waals surface area contributed by atoms with Crippen LogP contribution in [0.4, 0.5) is 0 Å². The highest BCUT2D eigenvalue weighted by Gasteiger charge is 2.24. The van der Waals surface area contributed by atoms with Gasteiger partial charge in [-0.25, -0.2) is 4.98 Å². The van der Waals surface area contributed by atoms with Crippen molar-refractivity contribution in [1.82, 2.24) is 4.98 Å². The summed E-state index contributed by atoms with van der Waals surface area (Å²) in [7, 11) is 0. The van der Waals surface area contributed by atoms with Crippen LogP contribution in [-0.4, -0.2) is 26.1 Å². The maximum Gasteiger partial charge on any atom is 0.222 e. The number of hydrogen-bond donors (Lipinski definition) is 3. The summed E-state index contributed by atoms with van der Waals surface area (Å²) in [5.41, 5.74) is 4.54. The molecular weight excluding hydrogens is 454 g/mol. The van der Waals surface area contributed by atoms with Crippen LogP contribution < -0.4 is 0 Å². The van der Waals surface area contributed by atoms with Gasteiger partial charge in [0.2, 0.25) is 11.7 Å². The molecule has 5 aromatic rings. The molecular formula is C26H19NO4S2. The number of carbonyl (C=O) groups excluding carboxylic acids is 1. The zero-order valence-electron chi connectivity index (χ0n) is 17.8. The van der Waals surface area contributed by atoms with E-state index < -0.39 is 0 Å². The van der Waals surface area contributed by atoms with Gasteiger partial charge in [0, 0.05) is 26.8 Å². The number of thiophene rings is 1. The fourth-order valence-corrected chi connectivity index (χ4v) is 6.01. The largest absolute Gasteiger partial charge is 0.508 e. The van der Waals surface area contributed by atoms with E-state index in [1.807, 2.05) is 44.2 Å². The van der Waals surface area contributed by atoms with E-state index >= 15 is 0 Å². The minimum Gasteiger partial charge on any atom is -0.508 e. The van der Waals surface area contributed by atoms with Gasteiger partial charge in [-0.05, 0) is 60.9 Å². The van der Waals surface area contributed by atoms with Crippen molar-refractivity contribution >= 4 is 38.5 Å². The third-order valence-corrected chi connectivity index (χ3v) is 7.57. The smallest absolute Gasteiger partial charge is 0.222 e. The summed E-state index contributed by atoms with van der Waals surface area (Å²) in [5, 5.41) is 32.7. The number of aromatic hydroxyl groups is 3. The van der Waals surface area contributed by atoms with Crippen molar-refractivity contribution in [2.45, 2.75) is 13.8 Å². The van der Waals surface area contributed by atoms with Gasteiger partial charge < -0.3 is 15.3 Å². The van der Waals surface area contributed by atoms with Crippen molar-refractivity contribution in [3.05, 3.63) is 81.5 Å². The highest BCUT2D eigenvalue weighted by molar-refractivity contribution is 7.21. The lowest BCUT2D eigenvalue weighted by molar-refractivity contribution is 0.104. The molecule has 0 saturated heterocycles. The van der Waals surface area contributed by atoms with Gasteiger partial charge in [0.25, 0.3) is 0 Å². The summed E-state index contributed by atoms with van der Waals surface area (Å²) in [5.74, 6) is 0.155. The number of benzene rings is 3. The van der Waals surface area contributed by atoms with Gasteiger partial charge in [-0.3, -0.25) is 4.79 Å². The first kappa shape index (κ1) is 21.2. The van der Waals surface area contributed by atoms with Gasteiger partial charge in [-0.1, -0.05) is 24.3 Å². The molecule has 7 heteroatoms. The van der Waals surface area contributed by atoms with E-state index in [0.717, 1.165) is 26.8 Å². The molecule has 0 amide bonds. The molecule has 0 radical (unpaired) electrons. The minimum atomic E-state index is -0.116. The van der Waals surface area contributed by atoms with Crippen LogP contribution in [0.2, 0.25) is 0 Å². The van der Waals surface area contributed by atoms with Gasteiger partial charge in [0.05, 0.1) is 10.3 Å². The number of phenols is 2. The summed E-state index contributed by atoms with van der Waals surface area (Å²) >= 11 is 2.70. The molecule has 3 aromatic carbocycles. The highest BCUT2D eigenvalue weighted by atomic mass is 32.1. The summed E-state index contributed by atoms with van der Waals surface area (Å²) < 4.78 is 0.816. The van der Waals surface area contributed by atoms with E-state index in [2.05, 4.69) is 4.98 Å². The summed E-state index contributed by atoms with van der Waals surface area (Å²) in [6, 6.07) is 16.0. The van der Waals surface area contributed by atoms with Gasteiger partial charge in [0.1, 0.15) is 16.5 Å². The van der Waals surface area contributed by atoms with E-state index in [1.54, 1.807) is 29.6 Å². The average molecular weight is 474 g/mol. The van der Waals surface area contributed by atoms with Crippen molar-refractivity contribution in [3.63, 3.8) is 0 Å². The van der Waals surface area contributed by atoms with Crippen LogP contribution in [0.5, 0.6) is 17.4 Å². The Morgan fingerprint density at radius 3 is 2.15 bits per heavy atom. The monoisotopic (exact) mass is 473 g/mol. The number of aromatic nitrogens is 1. The molecule has 5 nitrogen and oxygen atoms in total. The molecule has 3 N–H and O–H groups in total. The molecule has 5 rings (SSSR count). The maximum atomic E-state index is 13.8. The number of fused-ring (bicyclic) bond motifs is 1. The molecule has 0 saturated carbocycles. The highest BCUT2D eigenvalue weighted by Crippen LogP contribution is 2.42. The molecule has 33 heavy (non-hydrogen) atoms. The van der Waals surface area contributed by atoms with Crippen molar-refractivity contribution in [3.8, 4) is 39.1 Å². The fraction of sp³-hybridized carbons (Fsp3) is 0.0769. The van der Waals surface area contributed by atoms with Gasteiger partial charge in [0.15, 0.2) is 0 Å². The summed E-state index contributed by atoms with van der Waals surface area (Å²) in [6.45, 7) is 3.63. The molecule has 0 fully saturated rings. The third kappa shape index (κ3) is 3.75. The first-order valence-corrected chi connectivity index (χ1v) is 11.9. The quantitative estimate of drug-likeness (QED) is 0.254. The van der Waals surface area contributed by atoms with E-state index in [4.69, 9.17) is 0 Å². The Labute approximate surface area is 197 Å². The topological polar surface area (TPSA) is 90.7 Å². The van der Waals surface area contributed by atoms with Gasteiger partial charge >= 0.3 is 0 Å². The van der Waals surface area contributed by atoms with E-state index in [1.165, 1.54) is 22.7 Å². The van der Waals surface area contributed by atoms with Crippen LogP contribution in [0.3, 0.4) is 0 Å². The van der Waals surface area contributed by atoms with E-state index in [0.29, 0.717) is 26.6 Å². The van der Waals surface area contributed by atoms with Crippen molar-refractivity contribution < 1.29 is 20.1 Å². The minimum absolute atomic E-state index is 0.00441. The van der Waals surface area contributed by atoms with Crippen molar-refractivity contribution in [1.29, 1.82) is 0 Å². The van der Waals surface area contributed by atoms with Crippen LogP contribution in [0.15, 0.2) is 60.0 Å². The van der Waals surface area contributed by atoms with Crippen LogP contribution in [-0.2, 0) is 0 Å². The third-order valence-electron chi connectivity index (χ3n) is 5.54. The zero-order valence-corrected chi connectivity index (χ0v) is 19.4. The van der Waals surface area contributed by atoms with Gasteiger partial charge in [-0.15, -0.1) is 22.7 Å². The lowest BCUT2D eigenvalue weighted by Gasteiger charge is -2.11. The molecule has 0 atom stereocenters. The molecule has 0 aliphatic carbocycles. The van der Waals surface area contributed by atoms with E-state index in [9.17, 15) is 20.1 Å². The molecule has 0 bridgehead atoms. The Kier molecular flexibility index (Phi) is 5.15. The van der Waals surface area contributed by atoms with Crippen molar-refractivity contribution in [2.24, 2.45) is 0 Å². The Morgan fingerprint density at radius 2 is 1.52 bits per heavy atom. The average Bonchev–Trinajstić information content (AvgIpc) is 3.36. The number of phenolic OH excluding ortho intramolecular Hbond substituents is 2. The second kappa shape index (κ2) is 8.03. The van der Waals surface area contributed by atoms with Crippen LogP contribution in [0.1, 0.15) is 26.4 Å². The number of nitrogens with zero attached hydrogens (tertiary/aromatic N) is 1. The molecule has 0 aliphatic rings. The normalized spacial score (nSPS) is 11.2. The predicted molar refractivity (Wildman–Crippen MR) is 133 cm³/mol. The molecule has 2 aromatic heterocycles. The molecule has 0 spiro atoms. The summed E-state index contributed by atoms with van der Waals surface area (Å²) in [6.07, 6.45) is 0. The molecule has 0 aliphatic heterocycles. The zero-order chi connectivity index (χ0) is 23.3. The second-order valence-corrected chi connectivity index (χ2v) is 9.77. The standard InChI is InChI=1S/C26H19NO4S2/c1-13-9-18(29)10-14(2)22(13)24(31)25-23(19-8-7-17(28)11-20(19)33-25)15-3-5-16(6-4-15)26-27-21(30)12-32-26/h3-12,28-30H,1-2H3. The van der Waals surface area contributed by atoms with Crippen LogP contribution in [0, 0.1) is 13.8 Å². The number of hydrogen-bond acceptors (Lipinski definition) is 7. The maximum absolute atomic E-state index is 13.8. The van der Waals surface area contributed by atoms with E-state index in [-0.39, 0.29) is 23.2 Å². The van der Waals surface area contributed by atoms with Crippen LogP contribution in [0.25, 0.3) is 31.8 Å². The second-order valence-electron chi connectivity index (χ2n) is 7.86. The van der Waals surface area contributed by atoms with Gasteiger partial charge in [-0.2, -0.15) is 0 Å². The number of rotatable bonds is 4. The molecule has 0 unspecified atom stereocenters. The molecule has 164 valence electrons. The predicted octanol–water partition coefficient (Wildman–Crippen LogP) is 6.66.